The first-order valence-corrected chi connectivity index (χ1v) is 23.8. The summed E-state index contributed by atoms with van der Waals surface area (Å²) in [5, 5.41) is 11.5. The van der Waals surface area contributed by atoms with Gasteiger partial charge in [-0.05, 0) is 88.5 Å². The summed E-state index contributed by atoms with van der Waals surface area (Å²) in [5.74, 6) is -2.59. The standard InChI is InChI=1S/C44H57N3O13Si/c1-42(2,3)61(9,10)60-29(20-19-28-33-34(57-43(4,5)56-33)31(40(51)54-28)47-37(49)26-13-11-12-14-27(26)38(47)50)32-35-36(59-44(6,7)58-35)39(55-32)45-22-21-30(48)46(41(45)52)23-24-15-17-25(53-8)18-16-24/h11-18,21-22,28-29,31-36,39-40,51H,19-20,23H2,1-10H3/t28-,29+,31-,32-,33+,34-,35-,36-,39-,40?/m1/s1. The molecule has 17 heteroatoms. The van der Waals surface area contributed by atoms with Crippen molar-refractivity contribution < 1.29 is 52.3 Å². The summed E-state index contributed by atoms with van der Waals surface area (Å²) in [6.07, 6.45) is -5.80. The van der Waals surface area contributed by atoms with Crippen molar-refractivity contribution in [2.75, 3.05) is 7.11 Å². The largest absolute Gasteiger partial charge is 0.497 e. The zero-order chi connectivity index (χ0) is 44.0. The van der Waals surface area contributed by atoms with Crippen molar-refractivity contribution in [3.8, 4) is 5.75 Å². The number of rotatable bonds is 11. The van der Waals surface area contributed by atoms with Crippen LogP contribution in [0.15, 0.2) is 70.4 Å². The average Bonchev–Trinajstić information content (AvgIpc) is 3.88. The summed E-state index contributed by atoms with van der Waals surface area (Å²) in [7, 11) is -0.980. The number of imide groups is 1. The topological polar surface area (TPSA) is 175 Å². The molecule has 61 heavy (non-hydrogen) atoms. The third kappa shape index (κ3) is 7.97. The van der Waals surface area contributed by atoms with E-state index in [9.17, 15) is 24.3 Å². The lowest BCUT2D eigenvalue weighted by atomic mass is 9.91. The van der Waals surface area contributed by atoms with Gasteiger partial charge in [-0.3, -0.25) is 28.4 Å². The average molecular weight is 864 g/mol. The molecule has 0 bridgehead atoms. The van der Waals surface area contributed by atoms with Gasteiger partial charge in [0.2, 0.25) is 0 Å². The lowest BCUT2D eigenvalue weighted by Gasteiger charge is -2.44. The number of aliphatic hydroxyl groups excluding tert-OH is 1. The van der Waals surface area contributed by atoms with E-state index in [-0.39, 0.29) is 29.1 Å². The van der Waals surface area contributed by atoms with E-state index in [1.165, 1.54) is 16.8 Å². The van der Waals surface area contributed by atoms with Crippen molar-refractivity contribution in [2.24, 2.45) is 0 Å². The molecule has 10 atom stereocenters. The lowest BCUT2D eigenvalue weighted by molar-refractivity contribution is -0.237. The highest BCUT2D eigenvalue weighted by atomic mass is 28.4. The van der Waals surface area contributed by atoms with E-state index in [2.05, 4.69) is 33.9 Å². The Kier molecular flexibility index (Phi) is 11.2. The number of nitrogens with zero attached hydrogens (tertiary/aromatic N) is 3. The Labute approximate surface area is 355 Å². The molecule has 1 N–H and O–H groups in total. The fraction of sp³-hybridized carbons (Fsp3) is 0.591. The quantitative estimate of drug-likeness (QED) is 0.210. The third-order valence-corrected chi connectivity index (χ3v) is 17.4. The number of fused-ring (bicyclic) bond motifs is 3. The number of carbonyl (C=O) groups excluding carboxylic acids is 2. The summed E-state index contributed by atoms with van der Waals surface area (Å²) < 4.78 is 54.0. The van der Waals surface area contributed by atoms with Crippen molar-refractivity contribution in [3.05, 3.63) is 98.3 Å². The molecule has 5 aliphatic rings. The lowest BCUT2D eigenvalue weighted by Crippen LogP contribution is -2.63. The first kappa shape index (κ1) is 43.6. The molecule has 0 aliphatic carbocycles. The van der Waals surface area contributed by atoms with Gasteiger partial charge in [-0.1, -0.05) is 45.0 Å². The molecule has 4 fully saturated rings. The second-order valence-corrected chi connectivity index (χ2v) is 23.7. The van der Waals surface area contributed by atoms with E-state index < -0.39 is 104 Å². The van der Waals surface area contributed by atoms with Gasteiger partial charge in [0.25, 0.3) is 17.4 Å². The van der Waals surface area contributed by atoms with Crippen LogP contribution >= 0.6 is 0 Å². The van der Waals surface area contributed by atoms with Crippen LogP contribution in [0.3, 0.4) is 0 Å². The zero-order valence-corrected chi connectivity index (χ0v) is 37.4. The highest BCUT2D eigenvalue weighted by Crippen LogP contribution is 2.48. The molecule has 0 saturated carbocycles. The molecule has 330 valence electrons. The van der Waals surface area contributed by atoms with Gasteiger partial charge in [-0.15, -0.1) is 0 Å². The molecule has 1 unspecified atom stereocenters. The fourth-order valence-corrected chi connectivity index (χ4v) is 10.3. The Morgan fingerprint density at radius 2 is 1.39 bits per heavy atom. The van der Waals surface area contributed by atoms with Crippen LogP contribution in [0.25, 0.3) is 0 Å². The monoisotopic (exact) mass is 863 g/mol. The molecule has 6 heterocycles. The molecule has 0 spiro atoms. The molecule has 5 aliphatic heterocycles. The number of amides is 2. The number of aliphatic hydroxyl groups is 1. The van der Waals surface area contributed by atoms with Crippen LogP contribution in [-0.4, -0.2) is 113 Å². The van der Waals surface area contributed by atoms with Crippen molar-refractivity contribution in [1.29, 1.82) is 0 Å². The number of benzene rings is 2. The Morgan fingerprint density at radius 1 is 0.803 bits per heavy atom. The van der Waals surface area contributed by atoms with E-state index in [0.717, 1.165) is 15.0 Å². The van der Waals surface area contributed by atoms with E-state index in [4.69, 9.17) is 37.6 Å². The van der Waals surface area contributed by atoms with E-state index in [0.29, 0.717) is 12.2 Å². The Hall–Kier alpha value is -4.04. The predicted molar refractivity (Wildman–Crippen MR) is 222 cm³/mol. The van der Waals surface area contributed by atoms with Crippen LogP contribution in [0.5, 0.6) is 5.75 Å². The van der Waals surface area contributed by atoms with Crippen LogP contribution in [-0.2, 0) is 39.4 Å². The Balaban J connectivity index is 1.09. The van der Waals surface area contributed by atoms with Crippen molar-refractivity contribution in [3.63, 3.8) is 0 Å². The minimum absolute atomic E-state index is 0.0264. The summed E-state index contributed by atoms with van der Waals surface area (Å²) in [4.78, 5) is 55.7. The minimum Gasteiger partial charge on any atom is -0.497 e. The van der Waals surface area contributed by atoms with Crippen molar-refractivity contribution in [2.45, 2.75) is 159 Å². The van der Waals surface area contributed by atoms with Crippen LogP contribution < -0.4 is 16.0 Å². The second kappa shape index (κ2) is 15.6. The Morgan fingerprint density at radius 3 is 2.00 bits per heavy atom. The summed E-state index contributed by atoms with van der Waals surface area (Å²) in [5.41, 5.74) is 0.181. The number of ether oxygens (including phenoxy) is 7. The van der Waals surface area contributed by atoms with Gasteiger partial charge in [-0.25, -0.2) is 4.79 Å². The molecular weight excluding hydrogens is 807 g/mol. The predicted octanol–water partition coefficient (Wildman–Crippen LogP) is 4.56. The van der Waals surface area contributed by atoms with Crippen molar-refractivity contribution >= 4 is 20.1 Å². The first-order chi connectivity index (χ1) is 28.6. The van der Waals surface area contributed by atoms with Gasteiger partial charge in [0.05, 0.1) is 37.0 Å². The maximum atomic E-state index is 14.2. The van der Waals surface area contributed by atoms with Crippen molar-refractivity contribution in [1.82, 2.24) is 14.0 Å². The number of hydrogen-bond donors (Lipinski definition) is 1. The number of aromatic nitrogens is 2. The van der Waals surface area contributed by atoms with Gasteiger partial charge >= 0.3 is 5.69 Å². The molecule has 2 amide bonds. The molecule has 3 aromatic rings. The zero-order valence-electron chi connectivity index (χ0n) is 36.4. The van der Waals surface area contributed by atoms with Gasteiger partial charge in [0.1, 0.15) is 42.3 Å². The molecule has 8 rings (SSSR count). The summed E-state index contributed by atoms with van der Waals surface area (Å²) >= 11 is 0. The number of methoxy groups -OCH3 is 1. The van der Waals surface area contributed by atoms with E-state index >= 15 is 0 Å². The molecule has 4 saturated heterocycles. The molecule has 0 radical (unpaired) electrons. The molecule has 16 nitrogen and oxygen atoms in total. The minimum atomic E-state index is -2.55. The smallest absolute Gasteiger partial charge is 0.333 e. The van der Waals surface area contributed by atoms with Crippen LogP contribution in [0.2, 0.25) is 18.1 Å². The maximum absolute atomic E-state index is 14.2. The highest BCUT2D eigenvalue weighted by Gasteiger charge is 2.62. The van der Waals surface area contributed by atoms with Crippen LogP contribution in [0.1, 0.15) is 93.8 Å². The Bertz CT molecular complexity index is 2250. The fourth-order valence-electron chi connectivity index (χ4n) is 8.94. The molecule has 1 aromatic heterocycles. The maximum Gasteiger partial charge on any atom is 0.333 e. The third-order valence-electron chi connectivity index (χ3n) is 12.9. The molecular formula is C44H57N3O13Si. The van der Waals surface area contributed by atoms with E-state index in [1.807, 2.05) is 0 Å². The number of hydrogen-bond acceptors (Lipinski definition) is 13. The van der Waals surface area contributed by atoms with Crippen LogP contribution in [0, 0.1) is 0 Å². The molecule has 2 aromatic carbocycles. The van der Waals surface area contributed by atoms with E-state index in [1.54, 1.807) is 83.3 Å². The second-order valence-electron chi connectivity index (χ2n) is 19.0. The summed E-state index contributed by atoms with van der Waals surface area (Å²) in [6.45, 7) is 17.8. The highest BCUT2D eigenvalue weighted by molar-refractivity contribution is 6.74. The van der Waals surface area contributed by atoms with Gasteiger partial charge < -0.3 is 42.7 Å². The van der Waals surface area contributed by atoms with Gasteiger partial charge in [-0.2, -0.15) is 0 Å². The first-order valence-electron chi connectivity index (χ1n) is 20.9. The van der Waals surface area contributed by atoms with Gasteiger partial charge in [0.15, 0.2) is 32.4 Å². The SMILES string of the molecule is COc1ccc(Cn2c(=O)ccn([C@@H]3O[C@H]([C@H](CC[C@H]4OC(O)[C@H](N5C(=O)c6ccccc6C5=O)[C@H]5OC(C)(C)O[C@H]54)O[Si](C)(C)C(C)(C)C)[C@H]4OC(C)(C)O[C@H]43)c2=O)cc1. The normalized spacial score (nSPS) is 30.9. The van der Waals surface area contributed by atoms with Gasteiger partial charge in [0, 0.05) is 12.3 Å². The van der Waals surface area contributed by atoms with Crippen LogP contribution in [0.4, 0.5) is 0 Å². The number of carbonyl (C=O) groups is 2. The summed E-state index contributed by atoms with van der Waals surface area (Å²) in [6, 6.07) is 13.8.